The fourth-order valence-electron chi connectivity index (χ4n) is 2.68. The number of nitrogens with zero attached hydrogens (tertiary/aromatic N) is 2. The molecule has 0 bridgehead atoms. The highest BCUT2D eigenvalue weighted by Gasteiger charge is 2.18. The quantitative estimate of drug-likeness (QED) is 0.687. The zero-order valence-electron chi connectivity index (χ0n) is 15.1. The van der Waals surface area contributed by atoms with Crippen molar-refractivity contribution in [1.29, 1.82) is 0 Å². The number of amides is 1. The lowest BCUT2D eigenvalue weighted by Gasteiger charge is -2.22. The molecule has 0 aliphatic carbocycles. The molecular weight excluding hydrogens is 290 g/mol. The van der Waals surface area contributed by atoms with Crippen molar-refractivity contribution >= 4 is 5.91 Å². The minimum absolute atomic E-state index is 0.0178. The molecule has 23 heavy (non-hydrogen) atoms. The van der Waals surface area contributed by atoms with Gasteiger partial charge in [0.15, 0.2) is 0 Å². The van der Waals surface area contributed by atoms with Crippen LogP contribution < -0.4 is 5.32 Å². The van der Waals surface area contributed by atoms with Gasteiger partial charge in [-0.15, -0.1) is 0 Å². The van der Waals surface area contributed by atoms with Crippen LogP contribution in [-0.4, -0.2) is 33.4 Å². The maximum Gasteiger partial charge on any atom is 0.220 e. The van der Waals surface area contributed by atoms with E-state index in [-0.39, 0.29) is 24.5 Å². The Morgan fingerprint density at radius 1 is 1.43 bits per heavy atom. The van der Waals surface area contributed by atoms with Crippen molar-refractivity contribution in [3.8, 4) is 0 Å². The average molecular weight is 321 g/mol. The zero-order valence-corrected chi connectivity index (χ0v) is 15.1. The van der Waals surface area contributed by atoms with Gasteiger partial charge in [0.2, 0.25) is 5.91 Å². The Hall–Kier alpha value is -1.62. The molecule has 2 N–H and O–H groups in total. The van der Waals surface area contributed by atoms with Gasteiger partial charge in [0, 0.05) is 12.1 Å². The molecular formula is C18H31N3O2. The van der Waals surface area contributed by atoms with Crippen LogP contribution in [0.15, 0.2) is 12.2 Å². The van der Waals surface area contributed by atoms with E-state index in [1.54, 1.807) is 0 Å². The SMILES string of the molecule is C=C(C)Cn1nc(C)c(CCC(=O)N[C@H](CO)[C@H](C)CC)c1C. The van der Waals surface area contributed by atoms with Gasteiger partial charge < -0.3 is 10.4 Å². The molecule has 0 saturated heterocycles. The lowest BCUT2D eigenvalue weighted by Crippen LogP contribution is -2.41. The topological polar surface area (TPSA) is 67.2 Å². The van der Waals surface area contributed by atoms with Crippen LogP contribution in [0.2, 0.25) is 0 Å². The van der Waals surface area contributed by atoms with E-state index in [2.05, 4.69) is 23.9 Å². The summed E-state index contributed by atoms with van der Waals surface area (Å²) >= 11 is 0. The number of hydrogen-bond acceptors (Lipinski definition) is 3. The first-order valence-electron chi connectivity index (χ1n) is 8.37. The summed E-state index contributed by atoms with van der Waals surface area (Å²) in [4.78, 5) is 12.1. The maximum atomic E-state index is 12.1. The lowest BCUT2D eigenvalue weighted by molar-refractivity contribution is -0.122. The van der Waals surface area contributed by atoms with Gasteiger partial charge in [0.25, 0.3) is 0 Å². The Kier molecular flexibility index (Phi) is 7.49. The molecule has 130 valence electrons. The van der Waals surface area contributed by atoms with Gasteiger partial charge in [-0.1, -0.05) is 32.4 Å². The maximum absolute atomic E-state index is 12.1. The Morgan fingerprint density at radius 2 is 2.09 bits per heavy atom. The van der Waals surface area contributed by atoms with Crippen molar-refractivity contribution in [2.45, 2.75) is 66.5 Å². The fraction of sp³-hybridized carbons (Fsp3) is 0.667. The molecule has 5 heteroatoms. The van der Waals surface area contributed by atoms with E-state index >= 15 is 0 Å². The van der Waals surface area contributed by atoms with Crippen LogP contribution >= 0.6 is 0 Å². The highest BCUT2D eigenvalue weighted by Crippen LogP contribution is 2.16. The molecule has 1 rings (SSSR count). The van der Waals surface area contributed by atoms with Crippen molar-refractivity contribution in [3.05, 3.63) is 29.1 Å². The van der Waals surface area contributed by atoms with Crippen LogP contribution in [0, 0.1) is 19.8 Å². The highest BCUT2D eigenvalue weighted by atomic mass is 16.3. The number of aliphatic hydroxyl groups is 1. The second-order valence-corrected chi connectivity index (χ2v) is 6.51. The molecule has 0 aliphatic rings. The predicted octanol–water partition coefficient (Wildman–Crippen LogP) is 2.53. The molecule has 5 nitrogen and oxygen atoms in total. The van der Waals surface area contributed by atoms with Crippen LogP contribution in [0.25, 0.3) is 0 Å². The molecule has 0 spiro atoms. The second kappa shape index (κ2) is 8.87. The third kappa shape index (κ3) is 5.50. The Labute approximate surface area is 139 Å². The summed E-state index contributed by atoms with van der Waals surface area (Å²) in [5.41, 5.74) is 4.25. The number of carbonyl (C=O) groups is 1. The predicted molar refractivity (Wildman–Crippen MR) is 93.3 cm³/mol. The Morgan fingerprint density at radius 3 is 2.61 bits per heavy atom. The third-order valence-corrected chi connectivity index (χ3v) is 4.43. The van der Waals surface area contributed by atoms with Crippen LogP contribution in [0.4, 0.5) is 0 Å². The summed E-state index contributed by atoms with van der Waals surface area (Å²) in [6, 6.07) is -0.166. The average Bonchev–Trinajstić information content (AvgIpc) is 2.75. The largest absolute Gasteiger partial charge is 0.394 e. The summed E-state index contributed by atoms with van der Waals surface area (Å²) in [6.07, 6.45) is 2.00. The summed E-state index contributed by atoms with van der Waals surface area (Å²) < 4.78 is 1.95. The molecule has 1 heterocycles. The fourth-order valence-corrected chi connectivity index (χ4v) is 2.68. The standard InChI is InChI=1S/C18H31N3O2/c1-7-13(4)17(11-22)19-18(23)9-8-16-14(5)20-21(15(16)6)10-12(2)3/h13,17,22H,2,7-11H2,1,3-6H3,(H,19,23)/t13-,17-/m1/s1. The van der Waals surface area contributed by atoms with Crippen molar-refractivity contribution in [2.75, 3.05) is 6.61 Å². The lowest BCUT2D eigenvalue weighted by atomic mass is 9.99. The summed E-state index contributed by atoms with van der Waals surface area (Å²) in [6.45, 7) is 14.7. The van der Waals surface area contributed by atoms with Gasteiger partial charge in [0.05, 0.1) is 24.9 Å². The van der Waals surface area contributed by atoms with Crippen molar-refractivity contribution < 1.29 is 9.90 Å². The first kappa shape index (κ1) is 19.4. The van der Waals surface area contributed by atoms with Gasteiger partial charge in [-0.05, 0) is 38.7 Å². The van der Waals surface area contributed by atoms with Crippen molar-refractivity contribution in [2.24, 2.45) is 5.92 Å². The van der Waals surface area contributed by atoms with E-state index in [1.165, 1.54) is 0 Å². The van der Waals surface area contributed by atoms with Crippen LogP contribution in [0.1, 0.15) is 50.6 Å². The number of carbonyl (C=O) groups excluding carboxylic acids is 1. The first-order valence-corrected chi connectivity index (χ1v) is 8.37. The molecule has 0 fully saturated rings. The van der Waals surface area contributed by atoms with E-state index in [1.807, 2.05) is 32.4 Å². The first-order chi connectivity index (χ1) is 10.8. The van der Waals surface area contributed by atoms with E-state index in [0.717, 1.165) is 28.9 Å². The smallest absolute Gasteiger partial charge is 0.220 e. The van der Waals surface area contributed by atoms with Gasteiger partial charge in [-0.2, -0.15) is 5.10 Å². The summed E-state index contributed by atoms with van der Waals surface area (Å²) in [5.74, 6) is 0.251. The van der Waals surface area contributed by atoms with Gasteiger partial charge in [0.1, 0.15) is 0 Å². The van der Waals surface area contributed by atoms with Crippen molar-refractivity contribution in [3.63, 3.8) is 0 Å². The van der Waals surface area contributed by atoms with E-state index in [4.69, 9.17) is 0 Å². The highest BCUT2D eigenvalue weighted by molar-refractivity contribution is 5.76. The number of aryl methyl sites for hydroxylation is 1. The van der Waals surface area contributed by atoms with Crippen LogP contribution in [-0.2, 0) is 17.8 Å². The van der Waals surface area contributed by atoms with E-state index in [0.29, 0.717) is 19.4 Å². The summed E-state index contributed by atoms with van der Waals surface area (Å²) in [5, 5.41) is 16.9. The number of hydrogen-bond donors (Lipinski definition) is 2. The number of aromatic nitrogens is 2. The molecule has 1 amide bonds. The molecule has 0 saturated carbocycles. The van der Waals surface area contributed by atoms with E-state index < -0.39 is 0 Å². The molecule has 1 aromatic rings. The minimum Gasteiger partial charge on any atom is -0.394 e. The van der Waals surface area contributed by atoms with Gasteiger partial charge >= 0.3 is 0 Å². The number of nitrogens with one attached hydrogen (secondary N) is 1. The Balaban J connectivity index is 2.66. The third-order valence-electron chi connectivity index (χ3n) is 4.43. The zero-order chi connectivity index (χ0) is 17.6. The van der Waals surface area contributed by atoms with Gasteiger partial charge in [-0.25, -0.2) is 0 Å². The normalized spacial score (nSPS) is 13.7. The second-order valence-electron chi connectivity index (χ2n) is 6.51. The monoisotopic (exact) mass is 321 g/mol. The van der Waals surface area contributed by atoms with Crippen LogP contribution in [0.3, 0.4) is 0 Å². The number of aliphatic hydroxyl groups excluding tert-OH is 1. The number of rotatable bonds is 9. The van der Waals surface area contributed by atoms with Gasteiger partial charge in [-0.3, -0.25) is 9.48 Å². The van der Waals surface area contributed by atoms with Crippen molar-refractivity contribution in [1.82, 2.24) is 15.1 Å². The van der Waals surface area contributed by atoms with E-state index in [9.17, 15) is 9.90 Å². The molecule has 0 aliphatic heterocycles. The summed E-state index contributed by atoms with van der Waals surface area (Å²) in [7, 11) is 0. The molecule has 2 atom stereocenters. The Bertz CT molecular complexity index is 549. The molecule has 0 unspecified atom stereocenters. The number of allylic oxidation sites excluding steroid dienone is 1. The minimum atomic E-state index is -0.166. The van der Waals surface area contributed by atoms with Crippen LogP contribution in [0.5, 0.6) is 0 Å². The molecule has 0 radical (unpaired) electrons. The molecule has 1 aromatic heterocycles. The molecule has 0 aromatic carbocycles.